The first-order chi connectivity index (χ1) is 42.6. The molecule has 9 nitrogen and oxygen atoms in total. The van der Waals surface area contributed by atoms with Crippen LogP contribution >= 0.6 is 0 Å². The molecule has 2 unspecified atom stereocenters. The Bertz CT molecular complexity index is 1990. The molecule has 492 valence electrons. The Morgan fingerprint density at radius 2 is 0.621 bits per heavy atom. The number of ether oxygens (including phenoxy) is 4. The van der Waals surface area contributed by atoms with Crippen molar-refractivity contribution in [2.75, 3.05) is 47.5 Å². The molecule has 0 N–H and O–H groups in total. The summed E-state index contributed by atoms with van der Waals surface area (Å²) in [5.74, 6) is -2.34. The lowest BCUT2D eigenvalue weighted by Crippen LogP contribution is -2.44. The molecule has 0 spiro atoms. The predicted molar refractivity (Wildman–Crippen MR) is 370 cm³/mol. The molecule has 0 fully saturated rings. The molecule has 0 radical (unpaired) electrons. The van der Waals surface area contributed by atoms with E-state index in [1.54, 1.807) is 0 Å². The minimum absolute atomic E-state index is 0.134. The molecule has 0 aromatic carbocycles. The van der Waals surface area contributed by atoms with Crippen molar-refractivity contribution >= 4 is 17.9 Å². The van der Waals surface area contributed by atoms with E-state index in [-0.39, 0.29) is 38.6 Å². The van der Waals surface area contributed by atoms with E-state index >= 15 is 0 Å². The fourth-order valence-corrected chi connectivity index (χ4v) is 9.05. The minimum Gasteiger partial charge on any atom is -0.545 e. The van der Waals surface area contributed by atoms with Crippen LogP contribution in [0.15, 0.2) is 158 Å². The zero-order valence-electron chi connectivity index (χ0n) is 56.1. The van der Waals surface area contributed by atoms with Gasteiger partial charge >= 0.3 is 11.9 Å². The van der Waals surface area contributed by atoms with Gasteiger partial charge in [0, 0.05) is 12.8 Å². The van der Waals surface area contributed by atoms with Gasteiger partial charge in [-0.1, -0.05) is 281 Å². The summed E-state index contributed by atoms with van der Waals surface area (Å²) in [5, 5.41) is 11.8. The van der Waals surface area contributed by atoms with Gasteiger partial charge in [-0.25, -0.2) is 0 Å². The summed E-state index contributed by atoms with van der Waals surface area (Å²) >= 11 is 0. The van der Waals surface area contributed by atoms with Gasteiger partial charge in [0.1, 0.15) is 13.2 Å². The third-order valence-electron chi connectivity index (χ3n) is 14.3. The number of nitrogens with zero attached hydrogens (tertiary/aromatic N) is 1. The average Bonchev–Trinajstić information content (AvgIpc) is 3.59. The van der Waals surface area contributed by atoms with Crippen molar-refractivity contribution in [2.24, 2.45) is 0 Å². The first-order valence-electron chi connectivity index (χ1n) is 34.6. The Hall–Kier alpha value is -5.09. The number of aliphatic carboxylic acids is 1. The second-order valence-corrected chi connectivity index (χ2v) is 23.7. The van der Waals surface area contributed by atoms with Gasteiger partial charge in [-0.3, -0.25) is 9.59 Å². The molecule has 0 aliphatic heterocycles. The third-order valence-corrected chi connectivity index (χ3v) is 14.3. The zero-order valence-corrected chi connectivity index (χ0v) is 56.1. The molecule has 9 heteroatoms. The molecular weight excluding hydrogens is 1080 g/mol. The highest BCUT2D eigenvalue weighted by Crippen LogP contribution is 2.16. The highest BCUT2D eigenvalue weighted by Gasteiger charge is 2.22. The van der Waals surface area contributed by atoms with Crippen LogP contribution < -0.4 is 5.11 Å². The van der Waals surface area contributed by atoms with Crippen LogP contribution in [0.3, 0.4) is 0 Å². The summed E-state index contributed by atoms with van der Waals surface area (Å²) in [5.41, 5.74) is 0. The maximum atomic E-state index is 12.9. The first-order valence-corrected chi connectivity index (χ1v) is 34.6. The second kappa shape index (κ2) is 66.9. The van der Waals surface area contributed by atoms with Crippen LogP contribution in [-0.2, 0) is 33.3 Å². The lowest BCUT2D eigenvalue weighted by molar-refractivity contribution is -0.870. The van der Waals surface area contributed by atoms with Crippen LogP contribution in [0.2, 0.25) is 0 Å². The summed E-state index contributed by atoms with van der Waals surface area (Å²) in [6.45, 7) is 4.47. The maximum Gasteiger partial charge on any atom is 0.306 e. The van der Waals surface area contributed by atoms with Gasteiger partial charge in [-0.2, -0.15) is 0 Å². The SMILES string of the molecule is CC/C=C\C/C=C\C/C=C\C/C=C\C/C=C\C/C=C\C/C=C\CCCCCC(=O)OC(COC(=O)CCCCCCCCCCCCCCCCCCCC/C=C\C/C=C\C/C=C\C/C=C\C/C=C\C/C=C\CC)COC(OCC[N+](C)(C)C)C(=O)[O-]. The molecule has 0 aliphatic carbocycles. The number of quaternary nitrogens is 1. The summed E-state index contributed by atoms with van der Waals surface area (Å²) in [6.07, 6.45) is 96.1. The van der Waals surface area contributed by atoms with E-state index in [2.05, 4.69) is 172 Å². The van der Waals surface area contributed by atoms with Gasteiger partial charge in [0.15, 0.2) is 12.4 Å². The number of likely N-dealkylation sites (N-methyl/N-ethyl adjacent to an activating group) is 1. The fraction of sp³-hybridized carbons (Fsp3) is 0.628. The maximum absolute atomic E-state index is 12.9. The van der Waals surface area contributed by atoms with Gasteiger partial charge in [0.2, 0.25) is 0 Å². The Kier molecular flexibility index (Phi) is 62.9. The normalized spacial score (nSPS) is 13.7. The number of hydrogen-bond acceptors (Lipinski definition) is 8. The van der Waals surface area contributed by atoms with E-state index in [9.17, 15) is 19.5 Å². The van der Waals surface area contributed by atoms with E-state index < -0.39 is 24.3 Å². The number of esters is 2. The Labute approximate surface area is 534 Å². The van der Waals surface area contributed by atoms with Crippen molar-refractivity contribution in [2.45, 2.75) is 270 Å². The van der Waals surface area contributed by atoms with Crippen molar-refractivity contribution in [1.29, 1.82) is 0 Å². The molecule has 0 saturated heterocycles. The lowest BCUT2D eigenvalue weighted by Gasteiger charge is -2.26. The van der Waals surface area contributed by atoms with Crippen molar-refractivity contribution < 1.29 is 42.9 Å². The molecule has 0 bridgehead atoms. The van der Waals surface area contributed by atoms with Gasteiger partial charge in [0.05, 0.1) is 40.3 Å². The molecule has 0 rings (SSSR count). The van der Waals surface area contributed by atoms with Crippen molar-refractivity contribution in [3.05, 3.63) is 158 Å². The van der Waals surface area contributed by atoms with Crippen LogP contribution in [-0.4, -0.2) is 82.3 Å². The number of carboxylic acids is 1. The molecule has 87 heavy (non-hydrogen) atoms. The number of carbonyl (C=O) groups is 3. The van der Waals surface area contributed by atoms with E-state index in [1.807, 2.05) is 21.1 Å². The number of carboxylic acid groups (broad SMARTS) is 1. The Morgan fingerprint density at radius 1 is 0.345 bits per heavy atom. The van der Waals surface area contributed by atoms with E-state index in [0.717, 1.165) is 122 Å². The predicted octanol–water partition coefficient (Wildman–Crippen LogP) is 20.4. The standard InChI is InChI=1S/C78H127NO8/c1-6-8-10-12-14-16-18-20-22-24-26-28-30-32-33-34-35-36-37-38-39-40-41-42-43-45-46-48-50-52-54-56-58-60-62-64-66-68-75(80)85-72-74(73-86-78(77(82)83)84-71-70-79(3,4)5)87-76(81)69-67-65-63-61-59-57-55-53-51-49-47-44-31-29-27-25-23-21-19-17-15-13-11-9-7-2/h8-11,14-17,20-23,26-29,32-33,35-36,44,47,51,53,57,59,74,78H,6-7,12-13,18-19,24-25,30-31,34,37-43,45-46,48-50,52,54-56,58,60-73H2,1-5H3/b10-8-,11-9-,16-14-,17-15-,22-20-,23-21-,28-26-,29-27-,33-32-,36-35-,47-44-,53-51-,59-57-. The molecule has 0 aromatic heterocycles. The summed E-state index contributed by atoms with van der Waals surface area (Å²) < 4.78 is 22.7. The fourth-order valence-electron chi connectivity index (χ4n) is 9.05. The largest absolute Gasteiger partial charge is 0.545 e. The number of allylic oxidation sites excluding steroid dienone is 26. The number of unbranched alkanes of at least 4 members (excludes halogenated alkanes) is 21. The monoisotopic (exact) mass is 1210 g/mol. The molecule has 0 amide bonds. The number of rotatable bonds is 62. The highest BCUT2D eigenvalue weighted by molar-refractivity contribution is 5.70. The van der Waals surface area contributed by atoms with Crippen LogP contribution in [0.4, 0.5) is 0 Å². The number of carbonyl (C=O) groups excluding carboxylic acids is 3. The molecular formula is C78H127NO8. The van der Waals surface area contributed by atoms with E-state index in [1.165, 1.54) is 103 Å². The van der Waals surface area contributed by atoms with Crippen molar-refractivity contribution in [3.63, 3.8) is 0 Å². The van der Waals surface area contributed by atoms with Gasteiger partial charge in [-0.05, 0) is 122 Å². The van der Waals surface area contributed by atoms with Crippen LogP contribution in [0.25, 0.3) is 0 Å². The molecule has 0 aromatic rings. The summed E-state index contributed by atoms with van der Waals surface area (Å²) in [4.78, 5) is 37.5. The molecule has 0 saturated carbocycles. The molecule has 2 atom stereocenters. The lowest BCUT2D eigenvalue weighted by atomic mass is 10.0. The number of hydrogen-bond donors (Lipinski definition) is 0. The summed E-state index contributed by atoms with van der Waals surface area (Å²) in [6, 6.07) is 0. The Morgan fingerprint density at radius 3 is 0.931 bits per heavy atom. The van der Waals surface area contributed by atoms with Crippen LogP contribution in [0.1, 0.15) is 258 Å². The quantitative estimate of drug-likeness (QED) is 0.0195. The van der Waals surface area contributed by atoms with E-state index in [4.69, 9.17) is 18.9 Å². The van der Waals surface area contributed by atoms with Crippen LogP contribution in [0, 0.1) is 0 Å². The minimum atomic E-state index is -1.64. The van der Waals surface area contributed by atoms with Crippen molar-refractivity contribution in [3.8, 4) is 0 Å². The van der Waals surface area contributed by atoms with Gasteiger partial charge in [0.25, 0.3) is 0 Å². The van der Waals surface area contributed by atoms with E-state index in [0.29, 0.717) is 17.4 Å². The van der Waals surface area contributed by atoms with Crippen molar-refractivity contribution in [1.82, 2.24) is 0 Å². The highest BCUT2D eigenvalue weighted by atomic mass is 16.7. The van der Waals surface area contributed by atoms with Crippen LogP contribution in [0.5, 0.6) is 0 Å². The Balaban J connectivity index is 4.16. The third kappa shape index (κ3) is 68.3. The summed E-state index contributed by atoms with van der Waals surface area (Å²) in [7, 11) is 5.91. The van der Waals surface area contributed by atoms with Gasteiger partial charge < -0.3 is 33.3 Å². The zero-order chi connectivity index (χ0) is 63.3. The average molecular weight is 1210 g/mol. The topological polar surface area (TPSA) is 111 Å². The molecule has 0 aliphatic rings. The van der Waals surface area contributed by atoms with Gasteiger partial charge in [-0.15, -0.1) is 0 Å². The first kappa shape index (κ1) is 81.9. The second-order valence-electron chi connectivity index (χ2n) is 23.7. The smallest absolute Gasteiger partial charge is 0.306 e. The molecule has 0 heterocycles.